The minimum atomic E-state index is -2.56. The van der Waals surface area contributed by atoms with Gasteiger partial charge >= 0.3 is 0 Å². The lowest BCUT2D eigenvalue weighted by atomic mass is 9.79. The maximum absolute atomic E-state index is 13.0. The van der Waals surface area contributed by atoms with Gasteiger partial charge in [-0.25, -0.2) is 18.7 Å². The third kappa shape index (κ3) is 3.73. The fourth-order valence-electron chi connectivity index (χ4n) is 3.38. The fourth-order valence-corrected chi connectivity index (χ4v) is 3.38. The smallest absolute Gasteiger partial charge is 0.249 e. The molecular weight excluding hydrogens is 378 g/mol. The van der Waals surface area contributed by atoms with Gasteiger partial charge in [0.05, 0.1) is 23.3 Å². The molecule has 4 heterocycles. The predicted octanol–water partition coefficient (Wildman–Crippen LogP) is 3.94. The Balaban J connectivity index is 1.22. The first kappa shape index (κ1) is 17.5. The van der Waals surface area contributed by atoms with Crippen molar-refractivity contribution in [2.45, 2.75) is 31.2 Å². The van der Waals surface area contributed by atoms with Gasteiger partial charge in [0.25, 0.3) is 0 Å². The van der Waals surface area contributed by atoms with Crippen molar-refractivity contribution in [2.24, 2.45) is 0 Å². The maximum atomic E-state index is 13.0. The number of nitrogens with zero attached hydrogens (tertiary/aromatic N) is 4. The van der Waals surface area contributed by atoms with E-state index in [0.29, 0.717) is 29.8 Å². The monoisotopic (exact) mass is 396 g/mol. The Labute approximate surface area is 164 Å². The maximum Gasteiger partial charge on any atom is 0.249 e. The van der Waals surface area contributed by atoms with Crippen LogP contribution in [0.5, 0.6) is 0 Å². The Morgan fingerprint density at radius 1 is 1.10 bits per heavy atom. The molecule has 4 aromatic heterocycles. The van der Waals surface area contributed by atoms with Gasteiger partial charge < -0.3 is 15.6 Å². The van der Waals surface area contributed by atoms with E-state index in [4.69, 9.17) is 0 Å². The first-order valence-corrected chi connectivity index (χ1v) is 9.24. The lowest BCUT2D eigenvalue weighted by Crippen LogP contribution is -2.33. The van der Waals surface area contributed by atoms with Crippen LogP contribution < -0.4 is 10.6 Å². The summed E-state index contributed by atoms with van der Waals surface area (Å²) < 4.78 is 26.1. The molecule has 1 saturated carbocycles. The van der Waals surface area contributed by atoms with E-state index in [9.17, 15) is 8.78 Å². The Hall–Kier alpha value is -3.56. The second-order valence-corrected chi connectivity index (χ2v) is 7.13. The summed E-state index contributed by atoms with van der Waals surface area (Å²) in [6.07, 6.45) is 3.20. The van der Waals surface area contributed by atoms with Crippen LogP contribution in [0.4, 0.5) is 26.4 Å². The summed E-state index contributed by atoms with van der Waals surface area (Å²) in [7, 11) is 0. The number of pyridine rings is 1. The average molecular weight is 396 g/mol. The van der Waals surface area contributed by atoms with Crippen molar-refractivity contribution in [1.82, 2.24) is 30.1 Å². The number of hydrogen-bond acceptors (Lipinski definition) is 6. The quantitative estimate of drug-likeness (QED) is 0.393. The molecule has 0 aromatic carbocycles. The molecule has 1 aliphatic carbocycles. The summed E-state index contributed by atoms with van der Waals surface area (Å²) in [5.41, 5.74) is 3.46. The number of alkyl halides is 2. The molecule has 0 atom stereocenters. The minimum Gasteiger partial charge on any atom is -0.360 e. The number of hydrogen-bond donors (Lipinski definition) is 4. The highest BCUT2D eigenvalue weighted by atomic mass is 19.3. The van der Waals surface area contributed by atoms with Crippen LogP contribution in [0.2, 0.25) is 0 Å². The lowest BCUT2D eigenvalue weighted by Gasteiger charge is -2.33. The van der Waals surface area contributed by atoms with E-state index in [1.165, 1.54) is 0 Å². The van der Waals surface area contributed by atoms with Crippen molar-refractivity contribution in [3.63, 3.8) is 0 Å². The van der Waals surface area contributed by atoms with Gasteiger partial charge in [-0.1, -0.05) is 0 Å². The van der Waals surface area contributed by atoms with Crippen molar-refractivity contribution in [2.75, 3.05) is 10.6 Å². The zero-order valence-corrected chi connectivity index (χ0v) is 15.3. The topological polar surface area (TPSA) is 107 Å². The van der Waals surface area contributed by atoms with Crippen LogP contribution in [0.3, 0.4) is 0 Å². The third-order valence-electron chi connectivity index (χ3n) is 4.93. The third-order valence-corrected chi connectivity index (χ3v) is 4.93. The molecule has 0 spiro atoms. The molecule has 5 rings (SSSR count). The number of H-pyrrole nitrogens is 2. The van der Waals surface area contributed by atoms with Gasteiger partial charge in [-0.05, 0) is 24.3 Å². The van der Waals surface area contributed by atoms with E-state index in [1.54, 1.807) is 18.3 Å². The molecule has 0 radical (unpaired) electrons. The average Bonchev–Trinajstić information content (AvgIpc) is 3.33. The second-order valence-electron chi connectivity index (χ2n) is 7.13. The summed E-state index contributed by atoms with van der Waals surface area (Å²) >= 11 is 0. The molecule has 10 heteroatoms. The van der Waals surface area contributed by atoms with Crippen LogP contribution >= 0.6 is 0 Å². The summed E-state index contributed by atoms with van der Waals surface area (Å²) in [5, 5.41) is 13.2. The molecular formula is C19H18F2N8. The van der Waals surface area contributed by atoms with Gasteiger partial charge in [0.15, 0.2) is 5.82 Å². The first-order valence-electron chi connectivity index (χ1n) is 9.24. The minimum absolute atomic E-state index is 0.140. The number of nitrogens with one attached hydrogen (secondary N) is 4. The molecule has 1 fully saturated rings. The Morgan fingerprint density at radius 3 is 2.86 bits per heavy atom. The number of fused-ring (bicyclic) bond motifs is 1. The van der Waals surface area contributed by atoms with Crippen molar-refractivity contribution in [3.05, 3.63) is 54.1 Å². The normalized spacial score (nSPS) is 15.9. The van der Waals surface area contributed by atoms with Gasteiger partial charge in [0.1, 0.15) is 5.82 Å². The summed E-state index contributed by atoms with van der Waals surface area (Å²) in [6, 6.07) is 9.28. The molecule has 29 heavy (non-hydrogen) atoms. The summed E-state index contributed by atoms with van der Waals surface area (Å²) in [5.74, 6) is -1.22. The van der Waals surface area contributed by atoms with E-state index in [1.807, 2.05) is 24.4 Å². The Bertz CT molecular complexity index is 1140. The molecule has 0 bridgehead atoms. The van der Waals surface area contributed by atoms with E-state index in [-0.39, 0.29) is 18.8 Å². The molecule has 0 unspecified atom stereocenters. The zero-order valence-electron chi connectivity index (χ0n) is 15.3. The van der Waals surface area contributed by atoms with Crippen molar-refractivity contribution >= 4 is 28.6 Å². The molecule has 0 aliphatic heterocycles. The van der Waals surface area contributed by atoms with E-state index in [0.717, 1.165) is 16.7 Å². The number of rotatable bonds is 6. The zero-order chi connectivity index (χ0) is 19.8. The molecule has 1 aliphatic rings. The molecule has 0 amide bonds. The summed E-state index contributed by atoms with van der Waals surface area (Å²) in [4.78, 5) is 16.3. The van der Waals surface area contributed by atoms with E-state index in [2.05, 4.69) is 40.8 Å². The predicted molar refractivity (Wildman–Crippen MR) is 104 cm³/mol. The van der Waals surface area contributed by atoms with Gasteiger partial charge in [-0.3, -0.25) is 5.10 Å². The lowest BCUT2D eigenvalue weighted by molar-refractivity contribution is -0.0876. The molecule has 4 aromatic rings. The summed E-state index contributed by atoms with van der Waals surface area (Å²) in [6.45, 7) is 0.479. The van der Waals surface area contributed by atoms with Gasteiger partial charge in [0.2, 0.25) is 11.9 Å². The Morgan fingerprint density at radius 2 is 2.00 bits per heavy atom. The fraction of sp³-hybridized carbons (Fsp3) is 0.263. The van der Waals surface area contributed by atoms with Crippen LogP contribution in [-0.2, 0) is 6.54 Å². The molecule has 4 N–H and O–H groups in total. The number of aromatic nitrogens is 6. The SMILES string of the molecule is FC1(F)CC(c2cc(Nc3ccnc(NCc4ccc5[nH]ccc5n4)n3)n[nH]2)C1. The van der Waals surface area contributed by atoms with Gasteiger partial charge in [-0.15, -0.1) is 0 Å². The number of anilines is 3. The molecule has 148 valence electrons. The number of aromatic amines is 2. The van der Waals surface area contributed by atoms with Crippen LogP contribution in [0, 0.1) is 0 Å². The highest BCUT2D eigenvalue weighted by Crippen LogP contribution is 2.47. The van der Waals surface area contributed by atoms with Crippen molar-refractivity contribution in [3.8, 4) is 0 Å². The Kier molecular flexibility index (Phi) is 4.11. The largest absolute Gasteiger partial charge is 0.360 e. The van der Waals surface area contributed by atoms with Crippen LogP contribution in [0.25, 0.3) is 11.0 Å². The first-order chi connectivity index (χ1) is 14.0. The van der Waals surface area contributed by atoms with Crippen LogP contribution in [-0.4, -0.2) is 36.1 Å². The highest BCUT2D eigenvalue weighted by Gasteiger charge is 2.46. The molecule has 0 saturated heterocycles. The van der Waals surface area contributed by atoms with Crippen LogP contribution in [0.15, 0.2) is 42.7 Å². The van der Waals surface area contributed by atoms with Crippen molar-refractivity contribution in [1.29, 1.82) is 0 Å². The van der Waals surface area contributed by atoms with Gasteiger partial charge in [-0.2, -0.15) is 10.1 Å². The molecule has 8 nitrogen and oxygen atoms in total. The standard InChI is InChI=1S/C19H18F2N8/c20-19(21)8-11(9-19)15-7-17(29-28-15)26-16-4-6-23-18(27-16)24-10-12-1-2-13-14(25-12)3-5-22-13/h1-7,11,22H,8-10H2,(H3,23,24,26,27,28,29). The van der Waals surface area contributed by atoms with E-state index >= 15 is 0 Å². The highest BCUT2D eigenvalue weighted by molar-refractivity contribution is 5.74. The van der Waals surface area contributed by atoms with Crippen molar-refractivity contribution < 1.29 is 8.78 Å². The van der Waals surface area contributed by atoms with E-state index < -0.39 is 5.92 Å². The van der Waals surface area contributed by atoms with Gasteiger partial charge in [0, 0.05) is 42.9 Å². The second kappa shape index (κ2) is 6.80. The number of halogens is 2. The van der Waals surface area contributed by atoms with Crippen LogP contribution in [0.1, 0.15) is 30.1 Å².